The van der Waals surface area contributed by atoms with E-state index in [-0.39, 0.29) is 11.8 Å². The van der Waals surface area contributed by atoms with Crippen LogP contribution < -0.4 is 10.6 Å². The van der Waals surface area contributed by atoms with Gasteiger partial charge in [-0.2, -0.15) is 5.10 Å². The number of nitrogens with zero attached hydrogens (tertiary/aromatic N) is 2. The minimum atomic E-state index is -0.294. The van der Waals surface area contributed by atoms with E-state index in [0.29, 0.717) is 22.6 Å². The second kappa shape index (κ2) is 5.78. The summed E-state index contributed by atoms with van der Waals surface area (Å²) >= 11 is 0. The average molecular weight is 286 g/mol. The van der Waals surface area contributed by atoms with Crippen LogP contribution >= 0.6 is 0 Å². The largest absolute Gasteiger partial charge is 0.354 e. The number of rotatable bonds is 3. The van der Waals surface area contributed by atoms with Crippen molar-refractivity contribution in [3.63, 3.8) is 0 Å². The quantitative estimate of drug-likeness (QED) is 0.900. The molecule has 0 saturated carbocycles. The normalized spacial score (nSPS) is 10.3. The summed E-state index contributed by atoms with van der Waals surface area (Å²) in [6.07, 6.45) is 0. The summed E-state index contributed by atoms with van der Waals surface area (Å²) < 4.78 is 1.46. The zero-order valence-electron chi connectivity index (χ0n) is 12.5. The lowest BCUT2D eigenvalue weighted by Gasteiger charge is -2.08. The maximum absolute atomic E-state index is 12.3. The van der Waals surface area contributed by atoms with E-state index in [9.17, 15) is 9.59 Å². The molecular formula is C15H18N4O2. The lowest BCUT2D eigenvalue weighted by atomic mass is 10.1. The van der Waals surface area contributed by atoms with Crippen molar-refractivity contribution in [3.05, 3.63) is 46.8 Å². The highest BCUT2D eigenvalue weighted by molar-refractivity contribution is 6.08. The summed E-state index contributed by atoms with van der Waals surface area (Å²) in [5.74, 6) is -0.562. The zero-order valence-corrected chi connectivity index (χ0v) is 12.5. The van der Waals surface area contributed by atoms with E-state index in [1.165, 1.54) is 11.7 Å². The van der Waals surface area contributed by atoms with Gasteiger partial charge in [0.15, 0.2) is 0 Å². The molecule has 0 radical (unpaired) electrons. The molecule has 0 atom stereocenters. The van der Waals surface area contributed by atoms with E-state index in [2.05, 4.69) is 15.7 Å². The van der Waals surface area contributed by atoms with E-state index in [1.54, 1.807) is 26.1 Å². The second-order valence-electron chi connectivity index (χ2n) is 4.83. The minimum Gasteiger partial charge on any atom is -0.354 e. The molecule has 0 fully saturated rings. The highest BCUT2D eigenvalue weighted by atomic mass is 16.2. The van der Waals surface area contributed by atoms with Crippen molar-refractivity contribution >= 4 is 17.5 Å². The fraction of sp³-hybridized carbons (Fsp3) is 0.267. The summed E-state index contributed by atoms with van der Waals surface area (Å²) in [4.78, 5) is 24.2. The Labute approximate surface area is 123 Å². The summed E-state index contributed by atoms with van der Waals surface area (Å²) in [5, 5.41) is 9.49. The molecule has 0 aliphatic heterocycles. The molecule has 2 N–H and O–H groups in total. The molecule has 0 spiro atoms. The van der Waals surface area contributed by atoms with Crippen molar-refractivity contribution in [1.82, 2.24) is 15.1 Å². The van der Waals surface area contributed by atoms with Crippen LogP contribution in [0.2, 0.25) is 0 Å². The first-order chi connectivity index (χ1) is 9.93. The molecule has 0 aliphatic rings. The number of anilines is 1. The van der Waals surface area contributed by atoms with E-state index in [4.69, 9.17) is 0 Å². The predicted molar refractivity (Wildman–Crippen MR) is 80.5 cm³/mol. The third kappa shape index (κ3) is 2.94. The Balaban J connectivity index is 2.33. The number of hydrogen-bond acceptors (Lipinski definition) is 3. The predicted octanol–water partition coefficient (Wildman–Crippen LogP) is 1.65. The third-order valence-electron chi connectivity index (χ3n) is 3.22. The smallest absolute Gasteiger partial charge is 0.271 e. The van der Waals surface area contributed by atoms with Gasteiger partial charge in [0, 0.05) is 19.7 Å². The number of benzene rings is 1. The molecule has 0 unspecified atom stereocenters. The van der Waals surface area contributed by atoms with Crippen molar-refractivity contribution in [2.45, 2.75) is 13.8 Å². The van der Waals surface area contributed by atoms with Gasteiger partial charge in [-0.15, -0.1) is 0 Å². The number of aryl methyl sites for hydroxylation is 3. The Hall–Kier alpha value is -2.63. The summed E-state index contributed by atoms with van der Waals surface area (Å²) in [7, 11) is 3.20. The summed E-state index contributed by atoms with van der Waals surface area (Å²) in [6, 6.07) is 7.22. The third-order valence-corrected chi connectivity index (χ3v) is 3.22. The van der Waals surface area contributed by atoms with Gasteiger partial charge in [-0.25, -0.2) is 0 Å². The van der Waals surface area contributed by atoms with Gasteiger partial charge < -0.3 is 10.6 Å². The lowest BCUT2D eigenvalue weighted by Crippen LogP contribution is -2.23. The first-order valence-corrected chi connectivity index (χ1v) is 6.57. The van der Waals surface area contributed by atoms with Crippen molar-refractivity contribution < 1.29 is 9.59 Å². The van der Waals surface area contributed by atoms with Gasteiger partial charge in [0.05, 0.1) is 11.4 Å². The SMILES string of the molecule is CNC(=O)c1c(NC(=O)c2ccc(C)cc2)c(C)nn1C. The minimum absolute atomic E-state index is 0.267. The summed E-state index contributed by atoms with van der Waals surface area (Å²) in [6.45, 7) is 3.70. The Morgan fingerprint density at radius 1 is 1.10 bits per heavy atom. The number of amides is 2. The molecule has 1 aromatic carbocycles. The maximum Gasteiger partial charge on any atom is 0.271 e. The molecule has 1 aromatic heterocycles. The fourth-order valence-corrected chi connectivity index (χ4v) is 2.08. The van der Waals surface area contributed by atoms with E-state index in [0.717, 1.165) is 5.56 Å². The van der Waals surface area contributed by atoms with Gasteiger partial charge in [-0.05, 0) is 26.0 Å². The number of carbonyl (C=O) groups is 2. The maximum atomic E-state index is 12.3. The van der Waals surface area contributed by atoms with Crippen LogP contribution in [0.15, 0.2) is 24.3 Å². The second-order valence-corrected chi connectivity index (χ2v) is 4.83. The van der Waals surface area contributed by atoms with Crippen molar-refractivity contribution in [1.29, 1.82) is 0 Å². The first kappa shape index (κ1) is 14.8. The van der Waals surface area contributed by atoms with Gasteiger partial charge in [-0.1, -0.05) is 17.7 Å². The Bertz CT molecular complexity index is 686. The number of aromatic nitrogens is 2. The number of nitrogens with one attached hydrogen (secondary N) is 2. The van der Waals surface area contributed by atoms with Crippen molar-refractivity contribution in [2.75, 3.05) is 12.4 Å². The average Bonchev–Trinajstić information content (AvgIpc) is 2.73. The fourth-order valence-electron chi connectivity index (χ4n) is 2.08. The van der Waals surface area contributed by atoms with Crippen LogP contribution in [0.4, 0.5) is 5.69 Å². The van der Waals surface area contributed by atoms with Crippen LogP contribution in [0, 0.1) is 13.8 Å². The molecule has 0 aliphatic carbocycles. The molecule has 110 valence electrons. The van der Waals surface area contributed by atoms with Crippen LogP contribution in [0.1, 0.15) is 32.1 Å². The van der Waals surface area contributed by atoms with Crippen LogP contribution in [-0.2, 0) is 7.05 Å². The van der Waals surface area contributed by atoms with Gasteiger partial charge >= 0.3 is 0 Å². The molecular weight excluding hydrogens is 268 g/mol. The molecule has 2 rings (SSSR count). The highest BCUT2D eigenvalue weighted by Crippen LogP contribution is 2.20. The van der Waals surface area contributed by atoms with Crippen LogP contribution in [0.25, 0.3) is 0 Å². The van der Waals surface area contributed by atoms with Crippen LogP contribution in [-0.4, -0.2) is 28.6 Å². The summed E-state index contributed by atoms with van der Waals surface area (Å²) in [5.41, 5.74) is 2.97. The molecule has 6 heteroatoms. The highest BCUT2D eigenvalue weighted by Gasteiger charge is 2.21. The van der Waals surface area contributed by atoms with Crippen LogP contribution in [0.5, 0.6) is 0 Å². The van der Waals surface area contributed by atoms with Gasteiger partial charge in [0.25, 0.3) is 11.8 Å². The molecule has 1 heterocycles. The van der Waals surface area contributed by atoms with Gasteiger partial charge in [-0.3, -0.25) is 14.3 Å². The number of hydrogen-bond donors (Lipinski definition) is 2. The molecule has 21 heavy (non-hydrogen) atoms. The Kier molecular flexibility index (Phi) is 4.07. The van der Waals surface area contributed by atoms with Crippen LogP contribution in [0.3, 0.4) is 0 Å². The molecule has 0 saturated heterocycles. The van der Waals surface area contributed by atoms with E-state index >= 15 is 0 Å². The zero-order chi connectivity index (χ0) is 15.6. The monoisotopic (exact) mass is 286 g/mol. The topological polar surface area (TPSA) is 76.0 Å². The standard InChI is InChI=1S/C15H18N4O2/c1-9-5-7-11(8-6-9)14(20)17-12-10(2)18-19(4)13(12)15(21)16-3/h5-8H,1-4H3,(H,16,21)(H,17,20). The van der Waals surface area contributed by atoms with Gasteiger partial charge in [0.2, 0.25) is 0 Å². The van der Waals surface area contributed by atoms with E-state index < -0.39 is 0 Å². The lowest BCUT2D eigenvalue weighted by molar-refractivity contribution is 0.0954. The Morgan fingerprint density at radius 3 is 2.29 bits per heavy atom. The molecule has 6 nitrogen and oxygen atoms in total. The molecule has 0 bridgehead atoms. The van der Waals surface area contributed by atoms with E-state index in [1.807, 2.05) is 19.1 Å². The molecule has 2 amide bonds. The van der Waals surface area contributed by atoms with Crippen molar-refractivity contribution in [2.24, 2.45) is 7.05 Å². The number of carbonyl (C=O) groups excluding carboxylic acids is 2. The Morgan fingerprint density at radius 2 is 1.71 bits per heavy atom. The first-order valence-electron chi connectivity index (χ1n) is 6.57. The van der Waals surface area contributed by atoms with Crippen molar-refractivity contribution in [3.8, 4) is 0 Å². The molecule has 2 aromatic rings. The van der Waals surface area contributed by atoms with Gasteiger partial charge in [0.1, 0.15) is 5.69 Å².